The van der Waals surface area contributed by atoms with Crippen LogP contribution in [0.2, 0.25) is 0 Å². The van der Waals surface area contributed by atoms with E-state index in [0.717, 1.165) is 32.1 Å². The van der Waals surface area contributed by atoms with Crippen LogP contribution in [-0.4, -0.2) is 6.16 Å². The second-order valence-corrected chi connectivity index (χ2v) is 13.3. The minimum Gasteiger partial charge on any atom is -0.416 e. The summed E-state index contributed by atoms with van der Waals surface area (Å²) in [5.74, 6) is 2.42. The third-order valence-electron chi connectivity index (χ3n) is 6.33. The van der Waals surface area contributed by atoms with Crippen molar-refractivity contribution in [3.8, 4) is 11.5 Å². The van der Waals surface area contributed by atoms with Crippen LogP contribution in [0.3, 0.4) is 0 Å². The predicted molar refractivity (Wildman–Crippen MR) is 146 cm³/mol. The molecule has 0 heterocycles. The number of hydrogen-bond acceptors (Lipinski definition) is 3. The average molecular weight is 487 g/mol. The van der Waals surface area contributed by atoms with Crippen LogP contribution < -0.4 is 9.05 Å². The van der Waals surface area contributed by atoms with E-state index in [0.29, 0.717) is 29.5 Å². The Kier molecular flexibility index (Phi) is 10.8. The Labute approximate surface area is 209 Å². The molecular formula is C30H47O3P. The van der Waals surface area contributed by atoms with Crippen molar-refractivity contribution in [1.82, 2.24) is 0 Å². The van der Waals surface area contributed by atoms with Crippen molar-refractivity contribution in [1.29, 1.82) is 0 Å². The quantitative estimate of drug-likeness (QED) is 0.264. The Bertz CT molecular complexity index is 835. The maximum atomic E-state index is 14.0. The Hall–Kier alpha value is -1.73. The first-order valence-electron chi connectivity index (χ1n) is 13.1. The molecule has 0 amide bonds. The zero-order valence-corrected chi connectivity index (χ0v) is 23.7. The van der Waals surface area contributed by atoms with Gasteiger partial charge in [0.15, 0.2) is 0 Å². The standard InChI is InChI=1S/C30H47O3P/c1-9-11-24(4)26-13-17-28(18-14-26)32-34(31,22-23(3)21-30(6,7)8)33-29-19-15-27(16-20-29)25(5)12-10-2/h13-20,23-25H,9-12,21-22H2,1-8H3/t23-,24+,25+/m1/s1. The minimum absolute atomic E-state index is 0.151. The van der Waals surface area contributed by atoms with Gasteiger partial charge in [-0.3, -0.25) is 0 Å². The number of hydrogen-bond donors (Lipinski definition) is 0. The van der Waals surface area contributed by atoms with E-state index in [9.17, 15) is 4.57 Å². The molecule has 0 N–H and O–H groups in total. The lowest BCUT2D eigenvalue weighted by molar-refractivity contribution is 0.308. The molecule has 0 aliphatic rings. The minimum atomic E-state index is -3.41. The first-order chi connectivity index (χ1) is 15.9. The van der Waals surface area contributed by atoms with Gasteiger partial charge in [0.1, 0.15) is 11.5 Å². The highest BCUT2D eigenvalue weighted by molar-refractivity contribution is 7.54. The molecular weight excluding hydrogens is 439 g/mol. The molecule has 2 rings (SSSR count). The van der Waals surface area contributed by atoms with Gasteiger partial charge in [-0.1, -0.05) is 92.5 Å². The molecule has 0 radical (unpaired) electrons. The van der Waals surface area contributed by atoms with Crippen LogP contribution in [0.1, 0.15) is 110 Å². The first kappa shape index (κ1) is 28.5. The van der Waals surface area contributed by atoms with Crippen molar-refractivity contribution in [2.45, 2.75) is 99.3 Å². The molecule has 0 fully saturated rings. The molecule has 0 aliphatic heterocycles. The molecule has 4 heteroatoms. The second-order valence-electron chi connectivity index (χ2n) is 11.4. The van der Waals surface area contributed by atoms with Crippen molar-refractivity contribution in [2.24, 2.45) is 11.3 Å². The van der Waals surface area contributed by atoms with Crippen LogP contribution in [0.25, 0.3) is 0 Å². The highest BCUT2D eigenvalue weighted by Gasteiger charge is 2.32. The predicted octanol–water partition coefficient (Wildman–Crippen LogP) is 10.2. The molecule has 2 aromatic rings. The van der Waals surface area contributed by atoms with Gasteiger partial charge in [-0.15, -0.1) is 0 Å². The topological polar surface area (TPSA) is 35.5 Å². The lowest BCUT2D eigenvalue weighted by Crippen LogP contribution is -2.17. The van der Waals surface area contributed by atoms with E-state index in [1.165, 1.54) is 11.1 Å². The lowest BCUT2D eigenvalue weighted by atomic mass is 9.86. The van der Waals surface area contributed by atoms with Crippen LogP contribution in [0.4, 0.5) is 0 Å². The zero-order valence-electron chi connectivity index (χ0n) is 22.8. The van der Waals surface area contributed by atoms with Crippen LogP contribution in [0.5, 0.6) is 11.5 Å². The van der Waals surface area contributed by atoms with Crippen molar-refractivity contribution in [3.05, 3.63) is 59.7 Å². The Balaban J connectivity index is 2.23. The number of rotatable bonds is 13. The van der Waals surface area contributed by atoms with Gasteiger partial charge in [-0.05, 0) is 77.8 Å². The molecule has 0 saturated heterocycles. The van der Waals surface area contributed by atoms with Crippen molar-refractivity contribution in [3.63, 3.8) is 0 Å². The summed E-state index contributed by atoms with van der Waals surface area (Å²) in [6.07, 6.45) is 5.95. The van der Waals surface area contributed by atoms with E-state index in [-0.39, 0.29) is 11.3 Å². The van der Waals surface area contributed by atoms with E-state index >= 15 is 0 Å². The molecule has 0 unspecified atom stereocenters. The van der Waals surface area contributed by atoms with Gasteiger partial charge in [0.25, 0.3) is 0 Å². The summed E-state index contributed by atoms with van der Waals surface area (Å²) in [6, 6.07) is 16.1. The lowest BCUT2D eigenvalue weighted by Gasteiger charge is -2.27. The monoisotopic (exact) mass is 486 g/mol. The van der Waals surface area contributed by atoms with Crippen LogP contribution in [-0.2, 0) is 4.57 Å². The highest BCUT2D eigenvalue weighted by Crippen LogP contribution is 2.51. The summed E-state index contributed by atoms with van der Waals surface area (Å²) in [5.41, 5.74) is 2.71. The molecule has 3 atom stereocenters. The van der Waals surface area contributed by atoms with Gasteiger partial charge >= 0.3 is 7.60 Å². The van der Waals surface area contributed by atoms with Gasteiger partial charge in [0, 0.05) is 0 Å². The molecule has 190 valence electrons. The highest BCUT2D eigenvalue weighted by atomic mass is 31.2. The molecule has 0 bridgehead atoms. The molecule has 0 spiro atoms. The smallest absolute Gasteiger partial charge is 0.416 e. The first-order valence-corrected chi connectivity index (χ1v) is 14.9. The molecule has 34 heavy (non-hydrogen) atoms. The molecule has 0 saturated carbocycles. The van der Waals surface area contributed by atoms with Crippen LogP contribution >= 0.6 is 7.60 Å². The molecule has 0 aliphatic carbocycles. The summed E-state index contributed by atoms with van der Waals surface area (Å²) in [6.45, 7) is 17.7. The summed E-state index contributed by atoms with van der Waals surface area (Å²) >= 11 is 0. The third kappa shape index (κ3) is 9.49. The molecule has 0 aromatic heterocycles. The SMILES string of the molecule is CCC[C@H](C)c1ccc(OP(=O)(C[C@H](C)CC(C)(C)C)Oc2ccc([C@@H](C)CCC)cc2)cc1. The summed E-state index contributed by atoms with van der Waals surface area (Å²) in [7, 11) is -3.41. The Morgan fingerprint density at radius 2 is 1.12 bits per heavy atom. The van der Waals surface area contributed by atoms with E-state index in [2.05, 4.69) is 79.7 Å². The fraction of sp³-hybridized carbons (Fsp3) is 0.600. The zero-order chi connectivity index (χ0) is 25.4. The fourth-order valence-corrected chi connectivity index (χ4v) is 6.78. The molecule has 2 aromatic carbocycles. The van der Waals surface area contributed by atoms with E-state index < -0.39 is 7.60 Å². The van der Waals surface area contributed by atoms with Crippen molar-refractivity contribution in [2.75, 3.05) is 6.16 Å². The summed E-state index contributed by atoms with van der Waals surface area (Å²) < 4.78 is 26.3. The Morgan fingerprint density at radius 1 is 0.735 bits per heavy atom. The van der Waals surface area contributed by atoms with Gasteiger partial charge in [0.2, 0.25) is 0 Å². The second kappa shape index (κ2) is 12.8. The number of benzene rings is 2. The van der Waals surface area contributed by atoms with Gasteiger partial charge in [-0.25, -0.2) is 4.57 Å². The maximum Gasteiger partial charge on any atom is 0.430 e. The third-order valence-corrected chi connectivity index (χ3v) is 8.38. The van der Waals surface area contributed by atoms with E-state index in [1.807, 2.05) is 24.3 Å². The fourth-order valence-electron chi connectivity index (χ4n) is 4.82. The maximum absolute atomic E-state index is 14.0. The van der Waals surface area contributed by atoms with E-state index in [4.69, 9.17) is 9.05 Å². The molecule has 3 nitrogen and oxygen atoms in total. The Morgan fingerprint density at radius 3 is 1.44 bits per heavy atom. The summed E-state index contributed by atoms with van der Waals surface area (Å²) in [4.78, 5) is 0. The van der Waals surface area contributed by atoms with Crippen LogP contribution in [0.15, 0.2) is 48.5 Å². The summed E-state index contributed by atoms with van der Waals surface area (Å²) in [5, 5.41) is 0. The average Bonchev–Trinajstić information content (AvgIpc) is 2.73. The van der Waals surface area contributed by atoms with Gasteiger partial charge in [0.05, 0.1) is 6.16 Å². The van der Waals surface area contributed by atoms with Gasteiger partial charge < -0.3 is 9.05 Å². The van der Waals surface area contributed by atoms with Crippen molar-refractivity contribution >= 4 is 7.60 Å². The van der Waals surface area contributed by atoms with E-state index in [1.54, 1.807) is 0 Å². The van der Waals surface area contributed by atoms with Crippen molar-refractivity contribution < 1.29 is 13.6 Å². The van der Waals surface area contributed by atoms with Gasteiger partial charge in [-0.2, -0.15) is 0 Å². The largest absolute Gasteiger partial charge is 0.430 e. The van der Waals surface area contributed by atoms with Crippen LogP contribution in [0, 0.1) is 11.3 Å². The normalized spacial score (nSPS) is 14.9.